The van der Waals surface area contributed by atoms with Crippen LogP contribution in [-0.4, -0.2) is 10.9 Å². The lowest BCUT2D eigenvalue weighted by Gasteiger charge is -2.18. The van der Waals surface area contributed by atoms with Crippen LogP contribution >= 0.6 is 34.0 Å². The number of hydrogen-bond donors (Lipinski definition) is 1. The average molecular weight is 425 g/mol. The molecule has 4 aromatic rings. The first kappa shape index (κ1) is 18.0. The lowest BCUT2D eigenvalue weighted by Crippen LogP contribution is -2.13. The van der Waals surface area contributed by atoms with Crippen molar-refractivity contribution in [1.82, 2.24) is 4.98 Å². The third-order valence-electron chi connectivity index (χ3n) is 5.19. The molecule has 0 bridgehead atoms. The Morgan fingerprint density at radius 2 is 2.11 bits per heavy atom. The second-order valence-electron chi connectivity index (χ2n) is 7.35. The summed E-state index contributed by atoms with van der Waals surface area (Å²) in [6.45, 7) is 2.31. The van der Waals surface area contributed by atoms with Crippen molar-refractivity contribution in [1.29, 1.82) is 0 Å². The van der Waals surface area contributed by atoms with E-state index in [2.05, 4.69) is 30.4 Å². The zero-order chi connectivity index (χ0) is 19.1. The highest BCUT2D eigenvalue weighted by Crippen LogP contribution is 2.47. The van der Waals surface area contributed by atoms with Gasteiger partial charge in [0, 0.05) is 15.3 Å². The Bertz CT molecular complexity index is 1110. The Morgan fingerprint density at radius 3 is 2.93 bits per heavy atom. The Hall–Kier alpha value is -2.02. The van der Waals surface area contributed by atoms with Crippen molar-refractivity contribution in [3.63, 3.8) is 0 Å². The molecule has 3 heterocycles. The molecule has 28 heavy (non-hydrogen) atoms. The van der Waals surface area contributed by atoms with Crippen LogP contribution < -0.4 is 5.32 Å². The normalized spacial score (nSPS) is 16.2. The van der Waals surface area contributed by atoms with Gasteiger partial charge in [-0.25, -0.2) is 4.98 Å². The van der Waals surface area contributed by atoms with Crippen molar-refractivity contribution in [2.45, 2.75) is 32.6 Å². The number of thiazole rings is 1. The van der Waals surface area contributed by atoms with E-state index >= 15 is 0 Å². The molecular formula is C22H20N2OS3. The summed E-state index contributed by atoms with van der Waals surface area (Å²) in [5.41, 5.74) is 3.59. The summed E-state index contributed by atoms with van der Waals surface area (Å²) in [4.78, 5) is 20.1. The topological polar surface area (TPSA) is 42.0 Å². The maximum atomic E-state index is 12.7. The highest BCUT2D eigenvalue weighted by Gasteiger charge is 2.27. The van der Waals surface area contributed by atoms with Gasteiger partial charge < -0.3 is 5.32 Å². The molecule has 1 unspecified atom stereocenters. The van der Waals surface area contributed by atoms with Crippen molar-refractivity contribution in [3.8, 4) is 10.6 Å². The van der Waals surface area contributed by atoms with E-state index in [1.54, 1.807) is 34.0 Å². The Labute approximate surface area is 176 Å². The molecule has 0 aliphatic heterocycles. The van der Waals surface area contributed by atoms with Gasteiger partial charge in [0.15, 0.2) is 0 Å². The summed E-state index contributed by atoms with van der Waals surface area (Å²) in [5, 5.41) is 7.23. The molecule has 142 valence electrons. The predicted octanol–water partition coefficient (Wildman–Crippen LogP) is 6.39. The van der Waals surface area contributed by atoms with E-state index in [1.165, 1.54) is 21.6 Å². The molecule has 6 heteroatoms. The van der Waals surface area contributed by atoms with Gasteiger partial charge in [-0.1, -0.05) is 25.1 Å². The number of carbonyl (C=O) groups is 1. The third-order valence-corrected chi connectivity index (χ3v) is 8.29. The molecule has 0 saturated carbocycles. The number of nitrogens with zero attached hydrogens (tertiary/aromatic N) is 1. The number of aromatic nitrogens is 1. The van der Waals surface area contributed by atoms with E-state index < -0.39 is 0 Å². The molecule has 0 fully saturated rings. The molecule has 1 atom stereocenters. The zero-order valence-electron chi connectivity index (χ0n) is 15.5. The van der Waals surface area contributed by atoms with Crippen LogP contribution in [0.4, 0.5) is 5.00 Å². The third kappa shape index (κ3) is 3.41. The predicted molar refractivity (Wildman–Crippen MR) is 121 cm³/mol. The van der Waals surface area contributed by atoms with Crippen LogP contribution in [0.25, 0.3) is 20.8 Å². The molecule has 1 N–H and O–H groups in total. The van der Waals surface area contributed by atoms with Gasteiger partial charge in [0.05, 0.1) is 16.6 Å². The second-order valence-corrected chi connectivity index (χ2v) is 10.5. The highest BCUT2D eigenvalue weighted by atomic mass is 32.1. The number of fused-ring (bicyclic) bond motifs is 2. The molecule has 0 radical (unpaired) electrons. The first-order valence-electron chi connectivity index (χ1n) is 9.50. The minimum absolute atomic E-state index is 0.0523. The quantitative estimate of drug-likeness (QED) is 0.412. The van der Waals surface area contributed by atoms with Gasteiger partial charge in [0.1, 0.15) is 10.0 Å². The van der Waals surface area contributed by atoms with Crippen LogP contribution in [0, 0.1) is 5.92 Å². The molecule has 0 spiro atoms. The van der Waals surface area contributed by atoms with Gasteiger partial charge in [0.25, 0.3) is 0 Å². The van der Waals surface area contributed by atoms with Crippen molar-refractivity contribution in [2.24, 2.45) is 5.92 Å². The average Bonchev–Trinajstić information content (AvgIpc) is 3.38. The SMILES string of the molecule is CC1CCc2c(sc(NC(=O)Cc3cccs3)c2-c2nc3ccccc3s2)C1. The largest absolute Gasteiger partial charge is 0.317 e. The maximum Gasteiger partial charge on any atom is 0.230 e. The number of anilines is 1. The monoisotopic (exact) mass is 424 g/mol. The van der Waals surface area contributed by atoms with E-state index in [0.717, 1.165) is 38.8 Å². The van der Waals surface area contributed by atoms with E-state index in [1.807, 2.05) is 23.6 Å². The number of nitrogens with one attached hydrogen (secondary N) is 1. The fraction of sp³-hybridized carbons (Fsp3) is 0.273. The van der Waals surface area contributed by atoms with E-state index in [-0.39, 0.29) is 5.91 Å². The highest BCUT2D eigenvalue weighted by molar-refractivity contribution is 7.23. The molecule has 1 amide bonds. The van der Waals surface area contributed by atoms with Crippen molar-refractivity contribution in [3.05, 3.63) is 57.1 Å². The fourth-order valence-corrected chi connectivity index (χ4v) is 7.03. The van der Waals surface area contributed by atoms with E-state index in [4.69, 9.17) is 4.98 Å². The van der Waals surface area contributed by atoms with Gasteiger partial charge in [-0.3, -0.25) is 4.79 Å². The summed E-state index contributed by atoms with van der Waals surface area (Å²) in [6.07, 6.45) is 3.79. The number of benzene rings is 1. The number of para-hydroxylation sites is 1. The van der Waals surface area contributed by atoms with Crippen molar-refractivity contribution < 1.29 is 4.79 Å². The standard InChI is InChI=1S/C22H20N2OS3/c1-13-8-9-15-18(11-13)28-22(24-19(25)12-14-5-4-10-26-14)20(15)21-23-16-6-2-3-7-17(16)27-21/h2-7,10,13H,8-9,11-12H2,1H3,(H,24,25). The number of hydrogen-bond acceptors (Lipinski definition) is 5. The van der Waals surface area contributed by atoms with Crippen LogP contribution in [-0.2, 0) is 24.1 Å². The summed E-state index contributed by atoms with van der Waals surface area (Å²) >= 11 is 5.10. The number of amides is 1. The molecule has 0 saturated heterocycles. The molecular weight excluding hydrogens is 404 g/mol. The summed E-state index contributed by atoms with van der Waals surface area (Å²) in [7, 11) is 0. The smallest absolute Gasteiger partial charge is 0.230 e. The Morgan fingerprint density at radius 1 is 1.21 bits per heavy atom. The van der Waals surface area contributed by atoms with Crippen LogP contribution in [0.15, 0.2) is 41.8 Å². The minimum atomic E-state index is 0.0523. The molecule has 3 aromatic heterocycles. The molecule has 1 aliphatic carbocycles. The first-order chi connectivity index (χ1) is 13.7. The zero-order valence-corrected chi connectivity index (χ0v) is 18.0. The second kappa shape index (κ2) is 7.43. The molecule has 5 rings (SSSR count). The molecule has 1 aliphatic rings. The van der Waals surface area contributed by atoms with Gasteiger partial charge >= 0.3 is 0 Å². The van der Waals surface area contributed by atoms with Crippen LogP contribution in [0.5, 0.6) is 0 Å². The summed E-state index contributed by atoms with van der Waals surface area (Å²) in [5.74, 6) is 0.750. The van der Waals surface area contributed by atoms with E-state index in [9.17, 15) is 4.79 Å². The summed E-state index contributed by atoms with van der Waals surface area (Å²) in [6, 6.07) is 12.3. The lowest BCUT2D eigenvalue weighted by atomic mass is 9.88. The maximum absolute atomic E-state index is 12.7. The van der Waals surface area contributed by atoms with Crippen molar-refractivity contribution in [2.75, 3.05) is 5.32 Å². The number of rotatable bonds is 4. The van der Waals surface area contributed by atoms with Crippen LogP contribution in [0.2, 0.25) is 0 Å². The van der Waals surface area contributed by atoms with Gasteiger partial charge in [-0.15, -0.1) is 34.0 Å². The van der Waals surface area contributed by atoms with Gasteiger partial charge in [-0.05, 0) is 54.3 Å². The Kier molecular flexibility index (Phi) is 4.78. The van der Waals surface area contributed by atoms with Crippen molar-refractivity contribution >= 4 is 55.1 Å². The van der Waals surface area contributed by atoms with Gasteiger partial charge in [0.2, 0.25) is 5.91 Å². The van der Waals surface area contributed by atoms with Gasteiger partial charge in [-0.2, -0.15) is 0 Å². The first-order valence-corrected chi connectivity index (χ1v) is 12.0. The minimum Gasteiger partial charge on any atom is -0.317 e. The lowest BCUT2D eigenvalue weighted by molar-refractivity contribution is -0.115. The fourth-order valence-electron chi connectivity index (χ4n) is 3.79. The van der Waals surface area contributed by atoms with Crippen LogP contribution in [0.1, 0.15) is 28.7 Å². The Balaban J connectivity index is 1.55. The molecule has 1 aromatic carbocycles. The summed E-state index contributed by atoms with van der Waals surface area (Å²) < 4.78 is 1.19. The van der Waals surface area contributed by atoms with Crippen LogP contribution in [0.3, 0.4) is 0 Å². The number of thiophene rings is 2. The van der Waals surface area contributed by atoms with E-state index in [0.29, 0.717) is 12.3 Å². The number of carbonyl (C=O) groups excluding carboxylic acids is 1. The molecule has 3 nitrogen and oxygen atoms in total.